The fourth-order valence-electron chi connectivity index (χ4n) is 3.37. The van der Waals surface area contributed by atoms with Gasteiger partial charge in [-0.15, -0.1) is 0 Å². The fraction of sp³-hybridized carbons (Fsp3) is 0.0870. The van der Waals surface area contributed by atoms with Crippen molar-refractivity contribution < 1.29 is 24.6 Å². The molecule has 1 aliphatic heterocycles. The summed E-state index contributed by atoms with van der Waals surface area (Å²) in [4.78, 5) is 36.8. The van der Waals surface area contributed by atoms with E-state index in [-0.39, 0.29) is 9.23 Å². The number of carboxylic acid groups (broad SMARTS) is 2. The molecule has 8 nitrogen and oxygen atoms in total. The maximum Gasteiger partial charge on any atom is 0.327 e. The van der Waals surface area contributed by atoms with Crippen molar-refractivity contribution in [3.8, 4) is 16.9 Å². The van der Waals surface area contributed by atoms with E-state index < -0.39 is 30.3 Å². The third-order valence-electron chi connectivity index (χ3n) is 4.89. The Labute approximate surface area is 198 Å². The van der Waals surface area contributed by atoms with E-state index in [1.54, 1.807) is 17.0 Å². The highest BCUT2D eigenvalue weighted by Gasteiger charge is 2.41. The highest BCUT2D eigenvalue weighted by molar-refractivity contribution is 8.26. The Morgan fingerprint density at radius 3 is 2.30 bits per heavy atom. The third kappa shape index (κ3) is 4.71. The molecule has 1 unspecified atom stereocenters. The number of carbonyl (C=O) groups is 3. The lowest BCUT2D eigenvalue weighted by Gasteiger charge is -2.21. The molecule has 1 aromatic heterocycles. The van der Waals surface area contributed by atoms with E-state index in [9.17, 15) is 19.5 Å². The molecule has 1 amide bonds. The summed E-state index contributed by atoms with van der Waals surface area (Å²) in [6.07, 6.45) is 2.63. The molecular weight excluding hydrogens is 462 g/mol. The van der Waals surface area contributed by atoms with Crippen LogP contribution in [0.2, 0.25) is 0 Å². The summed E-state index contributed by atoms with van der Waals surface area (Å²) < 4.78 is 1.69. The zero-order valence-corrected chi connectivity index (χ0v) is 18.6. The molecule has 33 heavy (non-hydrogen) atoms. The molecule has 0 bridgehead atoms. The van der Waals surface area contributed by atoms with Crippen LogP contribution in [-0.4, -0.2) is 53.1 Å². The van der Waals surface area contributed by atoms with Gasteiger partial charge in [0.2, 0.25) is 0 Å². The van der Waals surface area contributed by atoms with Gasteiger partial charge in [0.25, 0.3) is 5.91 Å². The predicted molar refractivity (Wildman–Crippen MR) is 128 cm³/mol. The van der Waals surface area contributed by atoms with Crippen LogP contribution in [0.1, 0.15) is 12.0 Å². The summed E-state index contributed by atoms with van der Waals surface area (Å²) in [6.45, 7) is 0. The van der Waals surface area contributed by atoms with Gasteiger partial charge in [-0.25, -0.2) is 9.48 Å². The number of carbonyl (C=O) groups excluding carboxylic acids is 1. The van der Waals surface area contributed by atoms with Gasteiger partial charge in [-0.2, -0.15) is 5.10 Å². The molecular formula is C23H17N3O5S2. The topological polar surface area (TPSA) is 113 Å². The molecule has 0 saturated carbocycles. The lowest BCUT2D eigenvalue weighted by Crippen LogP contribution is -2.45. The van der Waals surface area contributed by atoms with Gasteiger partial charge in [0, 0.05) is 17.3 Å². The first-order chi connectivity index (χ1) is 15.8. The van der Waals surface area contributed by atoms with Crippen molar-refractivity contribution in [3.63, 3.8) is 0 Å². The molecule has 2 N–H and O–H groups in total. The summed E-state index contributed by atoms with van der Waals surface area (Å²) in [6, 6.07) is 17.3. The number of rotatable bonds is 7. The van der Waals surface area contributed by atoms with Crippen molar-refractivity contribution in [2.24, 2.45) is 0 Å². The number of benzene rings is 2. The summed E-state index contributed by atoms with van der Waals surface area (Å²) in [5.41, 5.74) is 2.93. The van der Waals surface area contributed by atoms with Crippen molar-refractivity contribution >= 4 is 52.2 Å². The molecule has 0 spiro atoms. The van der Waals surface area contributed by atoms with Gasteiger partial charge in [-0.1, -0.05) is 72.5 Å². The van der Waals surface area contributed by atoms with Crippen molar-refractivity contribution in [1.29, 1.82) is 0 Å². The smallest absolute Gasteiger partial charge is 0.327 e. The molecule has 1 saturated heterocycles. The van der Waals surface area contributed by atoms with Crippen molar-refractivity contribution in [1.82, 2.24) is 14.7 Å². The minimum atomic E-state index is -1.58. The lowest BCUT2D eigenvalue weighted by molar-refractivity contribution is -0.150. The SMILES string of the molecule is O=C(O)CC(C(=O)O)N1C(=O)/C(=C/c2cn(-c3ccccc3)nc2-c2ccccc2)SC1=S. The monoisotopic (exact) mass is 479 g/mol. The minimum Gasteiger partial charge on any atom is -0.481 e. The fourth-order valence-corrected chi connectivity index (χ4v) is 4.72. The van der Waals surface area contributed by atoms with E-state index in [4.69, 9.17) is 22.4 Å². The number of para-hydroxylation sites is 1. The van der Waals surface area contributed by atoms with Crippen LogP contribution in [0.5, 0.6) is 0 Å². The summed E-state index contributed by atoms with van der Waals surface area (Å²) in [7, 11) is 0. The van der Waals surface area contributed by atoms with Gasteiger partial charge in [0.05, 0.1) is 22.7 Å². The zero-order valence-electron chi connectivity index (χ0n) is 17.0. The quantitative estimate of drug-likeness (QED) is 0.390. The molecule has 2 heterocycles. The van der Waals surface area contributed by atoms with Gasteiger partial charge < -0.3 is 10.2 Å². The number of amides is 1. The number of thioether (sulfide) groups is 1. The molecule has 1 fully saturated rings. The molecule has 10 heteroatoms. The Morgan fingerprint density at radius 1 is 1.06 bits per heavy atom. The summed E-state index contributed by atoms with van der Waals surface area (Å²) in [5, 5.41) is 23.2. The Hall–Kier alpha value is -3.76. The second-order valence-corrected chi connectivity index (χ2v) is 8.76. The van der Waals surface area contributed by atoms with Crippen LogP contribution >= 0.6 is 24.0 Å². The predicted octanol–water partition coefficient (Wildman–Crippen LogP) is 3.67. The maximum atomic E-state index is 13.0. The standard InChI is InChI=1S/C23H17N3O5S2/c27-19(28)12-17(22(30)31)26-21(29)18(33-23(26)32)11-15-13-25(16-9-5-2-6-10-16)24-20(15)14-7-3-1-4-8-14/h1-11,13,17H,12H2,(H,27,28)(H,30,31)/b18-11-. The number of carboxylic acids is 2. The van der Waals surface area contributed by atoms with E-state index in [0.29, 0.717) is 11.3 Å². The van der Waals surface area contributed by atoms with Crippen LogP contribution < -0.4 is 0 Å². The average Bonchev–Trinajstić information content (AvgIpc) is 3.34. The number of nitrogens with zero attached hydrogens (tertiary/aromatic N) is 3. The Morgan fingerprint density at radius 2 is 1.70 bits per heavy atom. The Kier molecular flexibility index (Phi) is 6.38. The first kappa shape index (κ1) is 22.4. The number of aromatic nitrogens is 2. The second kappa shape index (κ2) is 9.39. The largest absolute Gasteiger partial charge is 0.481 e. The molecule has 1 aliphatic rings. The highest BCUT2D eigenvalue weighted by Crippen LogP contribution is 2.36. The second-order valence-electron chi connectivity index (χ2n) is 7.08. The molecule has 166 valence electrons. The summed E-state index contributed by atoms with van der Waals surface area (Å²) in [5.74, 6) is -3.42. The molecule has 4 rings (SSSR count). The third-order valence-corrected chi connectivity index (χ3v) is 6.22. The summed E-state index contributed by atoms with van der Waals surface area (Å²) >= 11 is 6.15. The van der Waals surface area contributed by atoms with Gasteiger partial charge in [0.1, 0.15) is 10.4 Å². The lowest BCUT2D eigenvalue weighted by atomic mass is 10.1. The number of aliphatic carboxylic acids is 2. The normalized spacial score (nSPS) is 15.8. The molecule has 0 aliphatic carbocycles. The van der Waals surface area contributed by atoms with Gasteiger partial charge in [0.15, 0.2) is 0 Å². The van der Waals surface area contributed by atoms with Crippen LogP contribution in [0.3, 0.4) is 0 Å². The van der Waals surface area contributed by atoms with Crippen LogP contribution in [0, 0.1) is 0 Å². The molecule has 2 aromatic carbocycles. The first-order valence-corrected chi connectivity index (χ1v) is 11.0. The van der Waals surface area contributed by atoms with Crippen LogP contribution in [0.25, 0.3) is 23.0 Å². The average molecular weight is 480 g/mol. The zero-order chi connectivity index (χ0) is 23.5. The van der Waals surface area contributed by atoms with Gasteiger partial charge >= 0.3 is 11.9 Å². The highest BCUT2D eigenvalue weighted by atomic mass is 32.2. The number of thiocarbonyl (C=S) groups is 1. The van der Waals surface area contributed by atoms with Crippen molar-refractivity contribution in [2.45, 2.75) is 12.5 Å². The van der Waals surface area contributed by atoms with E-state index in [2.05, 4.69) is 0 Å². The number of hydrogen-bond acceptors (Lipinski definition) is 6. The van der Waals surface area contributed by atoms with Crippen molar-refractivity contribution in [2.75, 3.05) is 0 Å². The number of hydrogen-bond donors (Lipinski definition) is 2. The van der Waals surface area contributed by atoms with Crippen LogP contribution in [-0.2, 0) is 14.4 Å². The Bertz CT molecular complexity index is 1270. The van der Waals surface area contributed by atoms with Crippen LogP contribution in [0.4, 0.5) is 0 Å². The van der Waals surface area contributed by atoms with E-state index in [0.717, 1.165) is 27.9 Å². The van der Waals surface area contributed by atoms with E-state index in [1.807, 2.05) is 60.7 Å². The molecule has 3 aromatic rings. The van der Waals surface area contributed by atoms with Crippen LogP contribution in [0.15, 0.2) is 71.8 Å². The molecule has 1 atom stereocenters. The molecule has 0 radical (unpaired) electrons. The maximum absolute atomic E-state index is 13.0. The first-order valence-electron chi connectivity index (χ1n) is 9.77. The van der Waals surface area contributed by atoms with Gasteiger partial charge in [-0.05, 0) is 18.2 Å². The van der Waals surface area contributed by atoms with Crippen molar-refractivity contribution in [3.05, 3.63) is 77.3 Å². The van der Waals surface area contributed by atoms with E-state index in [1.165, 1.54) is 0 Å². The minimum absolute atomic E-state index is 0.00314. The Balaban J connectivity index is 1.76. The van der Waals surface area contributed by atoms with Gasteiger partial charge in [-0.3, -0.25) is 14.5 Å². The van der Waals surface area contributed by atoms with E-state index >= 15 is 0 Å².